The lowest BCUT2D eigenvalue weighted by molar-refractivity contribution is -0.137. The Morgan fingerprint density at radius 2 is 2.08 bits per heavy atom. The summed E-state index contributed by atoms with van der Waals surface area (Å²) in [4.78, 5) is 13.0. The molecule has 0 fully saturated rings. The van der Waals surface area contributed by atoms with Crippen LogP contribution in [0.3, 0.4) is 0 Å². The lowest BCUT2D eigenvalue weighted by Gasteiger charge is -2.12. The quantitative estimate of drug-likeness (QED) is 0.437. The molecule has 0 atom stereocenters. The van der Waals surface area contributed by atoms with Crippen LogP contribution in [-0.4, -0.2) is 36.1 Å². The molecule has 0 unspecified atom stereocenters. The molecule has 0 aliphatic rings. The van der Waals surface area contributed by atoms with Gasteiger partial charge in [-0.3, -0.25) is 4.99 Å². The first-order valence-corrected chi connectivity index (χ1v) is 8.70. The fourth-order valence-electron chi connectivity index (χ4n) is 1.87. The topological polar surface area (TPSA) is 71.4 Å². The van der Waals surface area contributed by atoms with Crippen molar-refractivity contribution in [3.8, 4) is 5.88 Å². The number of aliphatic imine (C=N–C) groups is 1. The lowest BCUT2D eigenvalue weighted by atomic mass is 10.3. The van der Waals surface area contributed by atoms with Gasteiger partial charge in [-0.2, -0.15) is 13.2 Å². The number of pyridine rings is 1. The zero-order valence-electron chi connectivity index (χ0n) is 14.0. The van der Waals surface area contributed by atoms with Gasteiger partial charge in [0, 0.05) is 24.3 Å². The van der Waals surface area contributed by atoms with Crippen LogP contribution in [0.1, 0.15) is 15.4 Å². The predicted octanol–water partition coefficient (Wildman–Crippen LogP) is 3.26. The second-order valence-electron chi connectivity index (χ2n) is 5.07. The number of nitrogens with zero attached hydrogens (tertiary/aromatic N) is 3. The molecule has 26 heavy (non-hydrogen) atoms. The monoisotopic (exact) mass is 407 g/mol. The Morgan fingerprint density at radius 3 is 2.65 bits per heavy atom. The maximum absolute atomic E-state index is 12.6. The van der Waals surface area contributed by atoms with E-state index in [2.05, 4.69) is 25.6 Å². The highest BCUT2D eigenvalue weighted by Crippen LogP contribution is 2.32. The maximum atomic E-state index is 12.6. The Kier molecular flexibility index (Phi) is 7.04. The number of hydrogen-bond acceptors (Lipinski definition) is 5. The number of hydrogen-bond donors (Lipinski definition) is 2. The fraction of sp³-hybridized carbons (Fsp3) is 0.400. The van der Waals surface area contributed by atoms with E-state index in [1.807, 2.05) is 6.92 Å². The van der Waals surface area contributed by atoms with Crippen molar-refractivity contribution >= 4 is 28.9 Å². The van der Waals surface area contributed by atoms with Gasteiger partial charge in [0.2, 0.25) is 5.88 Å². The summed E-state index contributed by atoms with van der Waals surface area (Å²) in [5, 5.41) is 6.85. The zero-order valence-corrected chi connectivity index (χ0v) is 15.6. The van der Waals surface area contributed by atoms with E-state index < -0.39 is 11.7 Å². The number of aryl methyl sites for hydroxylation is 1. The summed E-state index contributed by atoms with van der Waals surface area (Å²) in [5.41, 5.74) is -0.921. The summed E-state index contributed by atoms with van der Waals surface area (Å²) < 4.78 is 43.0. The minimum atomic E-state index is -4.50. The van der Waals surface area contributed by atoms with Gasteiger partial charge >= 0.3 is 6.18 Å². The van der Waals surface area contributed by atoms with Crippen molar-refractivity contribution < 1.29 is 17.9 Å². The summed E-state index contributed by atoms with van der Waals surface area (Å²) in [7, 11) is 1.62. The number of aromatic nitrogens is 2. The molecule has 0 saturated carbocycles. The minimum absolute atomic E-state index is 0.0531. The SMILES string of the molecule is CN=C(NCCOc1ncc(C(F)(F)F)cc1Cl)NCc1ncc(C)s1. The summed E-state index contributed by atoms with van der Waals surface area (Å²) >= 11 is 7.36. The van der Waals surface area contributed by atoms with Gasteiger partial charge < -0.3 is 15.4 Å². The highest BCUT2D eigenvalue weighted by atomic mass is 35.5. The third kappa shape index (κ3) is 6.03. The van der Waals surface area contributed by atoms with Crippen LogP contribution in [0.25, 0.3) is 0 Å². The highest BCUT2D eigenvalue weighted by molar-refractivity contribution is 7.11. The first-order chi connectivity index (χ1) is 12.3. The second-order valence-corrected chi connectivity index (χ2v) is 6.80. The Bertz CT molecular complexity index is 766. The van der Waals surface area contributed by atoms with Gasteiger partial charge in [-0.05, 0) is 13.0 Å². The molecule has 2 heterocycles. The number of rotatable bonds is 6. The Labute approximate surface area is 157 Å². The smallest absolute Gasteiger partial charge is 0.417 e. The number of guanidine groups is 1. The van der Waals surface area contributed by atoms with E-state index in [-0.39, 0.29) is 17.5 Å². The van der Waals surface area contributed by atoms with Crippen molar-refractivity contribution in [2.45, 2.75) is 19.6 Å². The molecule has 0 aliphatic heterocycles. The van der Waals surface area contributed by atoms with Crippen LogP contribution in [0.5, 0.6) is 5.88 Å². The van der Waals surface area contributed by atoms with E-state index >= 15 is 0 Å². The molecule has 11 heteroatoms. The molecule has 0 aliphatic carbocycles. The number of nitrogens with one attached hydrogen (secondary N) is 2. The van der Waals surface area contributed by atoms with E-state index in [1.165, 1.54) is 0 Å². The molecular formula is C15H17ClF3N5OS. The summed E-state index contributed by atoms with van der Waals surface area (Å²) in [6.07, 6.45) is -2.01. The van der Waals surface area contributed by atoms with E-state index in [9.17, 15) is 13.2 Å². The molecule has 2 aromatic heterocycles. The second kappa shape index (κ2) is 9.04. The van der Waals surface area contributed by atoms with Crippen molar-refractivity contribution in [1.29, 1.82) is 0 Å². The van der Waals surface area contributed by atoms with Gasteiger partial charge in [-0.25, -0.2) is 9.97 Å². The molecule has 0 radical (unpaired) electrons. The van der Waals surface area contributed by atoms with Crippen molar-refractivity contribution in [1.82, 2.24) is 20.6 Å². The van der Waals surface area contributed by atoms with Gasteiger partial charge in [0.25, 0.3) is 0 Å². The molecule has 0 saturated heterocycles. The van der Waals surface area contributed by atoms with Crippen molar-refractivity contribution in [3.63, 3.8) is 0 Å². The Balaban J connectivity index is 1.76. The standard InChI is InChI=1S/C15H17ClF3N5OS/c1-9-6-22-12(26-9)8-24-14(20-2)21-3-4-25-13-11(16)5-10(7-23-13)15(17,18)19/h5-7H,3-4,8H2,1-2H3,(H2,20,21,24). The van der Waals surface area contributed by atoms with Gasteiger partial charge in [0.05, 0.1) is 18.7 Å². The molecule has 2 rings (SSSR count). The first kappa shape index (κ1) is 20.2. The lowest BCUT2D eigenvalue weighted by Crippen LogP contribution is -2.38. The highest BCUT2D eigenvalue weighted by Gasteiger charge is 2.31. The number of thiazole rings is 1. The number of alkyl halides is 3. The van der Waals surface area contributed by atoms with Crippen LogP contribution in [0.2, 0.25) is 5.02 Å². The largest absolute Gasteiger partial charge is 0.475 e. The van der Waals surface area contributed by atoms with Crippen LogP contribution in [0.15, 0.2) is 23.5 Å². The fourth-order valence-corrected chi connectivity index (χ4v) is 2.81. The maximum Gasteiger partial charge on any atom is 0.417 e. The van der Waals surface area contributed by atoms with Crippen LogP contribution >= 0.6 is 22.9 Å². The average Bonchev–Trinajstić information content (AvgIpc) is 3.00. The summed E-state index contributed by atoms with van der Waals surface area (Å²) in [6.45, 7) is 3.02. The van der Waals surface area contributed by atoms with Crippen LogP contribution < -0.4 is 15.4 Å². The molecule has 142 valence electrons. The average molecular weight is 408 g/mol. The van der Waals surface area contributed by atoms with Gasteiger partial charge in [0.15, 0.2) is 5.96 Å². The zero-order chi connectivity index (χ0) is 19.2. The van der Waals surface area contributed by atoms with Crippen molar-refractivity contribution in [3.05, 3.63) is 38.9 Å². The van der Waals surface area contributed by atoms with Crippen LogP contribution in [-0.2, 0) is 12.7 Å². The summed E-state index contributed by atoms with van der Waals surface area (Å²) in [5.74, 6) is 0.496. The van der Waals surface area contributed by atoms with Gasteiger partial charge in [-0.15, -0.1) is 11.3 Å². The van der Waals surface area contributed by atoms with E-state index in [1.54, 1.807) is 24.6 Å². The molecular weight excluding hydrogens is 391 g/mol. The minimum Gasteiger partial charge on any atom is -0.475 e. The molecule has 2 aromatic rings. The Hall–Kier alpha value is -2.07. The van der Waals surface area contributed by atoms with Gasteiger partial charge in [-0.1, -0.05) is 11.6 Å². The van der Waals surface area contributed by atoms with E-state index in [0.717, 1.165) is 16.0 Å². The van der Waals surface area contributed by atoms with E-state index in [0.29, 0.717) is 25.2 Å². The number of ether oxygens (including phenoxy) is 1. The van der Waals surface area contributed by atoms with Crippen molar-refractivity contribution in [2.24, 2.45) is 4.99 Å². The number of halogens is 4. The molecule has 0 aromatic carbocycles. The molecule has 6 nitrogen and oxygen atoms in total. The molecule has 2 N–H and O–H groups in total. The van der Waals surface area contributed by atoms with Gasteiger partial charge in [0.1, 0.15) is 16.6 Å². The third-order valence-corrected chi connectivity index (χ3v) is 4.25. The first-order valence-electron chi connectivity index (χ1n) is 7.51. The van der Waals surface area contributed by atoms with E-state index in [4.69, 9.17) is 16.3 Å². The molecule has 0 spiro atoms. The predicted molar refractivity (Wildman–Crippen MR) is 94.8 cm³/mol. The van der Waals surface area contributed by atoms with Crippen LogP contribution in [0, 0.1) is 6.92 Å². The third-order valence-electron chi connectivity index (χ3n) is 3.07. The normalized spacial score (nSPS) is 12.2. The van der Waals surface area contributed by atoms with Crippen LogP contribution in [0.4, 0.5) is 13.2 Å². The Morgan fingerprint density at radius 1 is 1.31 bits per heavy atom. The molecule has 0 bridgehead atoms. The summed E-state index contributed by atoms with van der Waals surface area (Å²) in [6, 6.07) is 0.786. The van der Waals surface area contributed by atoms with Crippen molar-refractivity contribution in [2.75, 3.05) is 20.2 Å². The molecule has 0 amide bonds.